The van der Waals surface area contributed by atoms with E-state index in [9.17, 15) is 19.7 Å². The third-order valence-electron chi connectivity index (χ3n) is 3.82. The fraction of sp³-hybridized carbons (Fsp3) is 0.529. The van der Waals surface area contributed by atoms with E-state index >= 15 is 0 Å². The van der Waals surface area contributed by atoms with Gasteiger partial charge in [-0.3, -0.25) is 19.8 Å². The van der Waals surface area contributed by atoms with Gasteiger partial charge >= 0.3 is 6.09 Å². The summed E-state index contributed by atoms with van der Waals surface area (Å²) in [5.74, 6) is -0.336. The molecule has 0 atom stereocenters. The molecule has 1 aliphatic rings. The minimum Gasteiger partial charge on any atom is -0.444 e. The van der Waals surface area contributed by atoms with Crippen LogP contribution in [0.4, 0.5) is 16.2 Å². The Morgan fingerprint density at radius 3 is 2.65 bits per heavy atom. The van der Waals surface area contributed by atoms with Gasteiger partial charge in [-0.25, -0.2) is 4.79 Å². The van der Waals surface area contributed by atoms with Crippen molar-refractivity contribution in [2.24, 2.45) is 0 Å². The van der Waals surface area contributed by atoms with E-state index in [2.05, 4.69) is 0 Å². The molecule has 0 saturated heterocycles. The smallest absolute Gasteiger partial charge is 0.410 e. The third kappa shape index (κ3) is 4.69. The zero-order valence-electron chi connectivity index (χ0n) is 15.1. The molecular formula is C17H23N3O6. The van der Waals surface area contributed by atoms with Crippen molar-refractivity contribution in [3.05, 3.63) is 33.9 Å². The molecule has 9 heteroatoms. The zero-order chi connectivity index (χ0) is 19.5. The first-order valence-electron chi connectivity index (χ1n) is 8.29. The Bertz CT molecular complexity index is 713. The van der Waals surface area contributed by atoms with Gasteiger partial charge in [0.2, 0.25) is 5.91 Å². The van der Waals surface area contributed by atoms with Crippen molar-refractivity contribution in [2.45, 2.75) is 32.8 Å². The number of aliphatic hydroxyl groups excluding tert-OH is 1. The van der Waals surface area contributed by atoms with Crippen LogP contribution in [0, 0.1) is 10.1 Å². The van der Waals surface area contributed by atoms with E-state index in [1.165, 1.54) is 17.0 Å². The van der Waals surface area contributed by atoms with Crippen LogP contribution in [0.3, 0.4) is 0 Å². The average Bonchev–Trinajstić information content (AvgIpc) is 2.95. The fourth-order valence-corrected chi connectivity index (χ4v) is 2.69. The molecule has 1 N–H and O–H groups in total. The molecule has 0 saturated carbocycles. The Hall–Kier alpha value is -2.68. The van der Waals surface area contributed by atoms with Crippen molar-refractivity contribution in [1.29, 1.82) is 0 Å². The molecule has 1 aliphatic heterocycles. The molecule has 1 heterocycles. The minimum absolute atomic E-state index is 0.0197. The second-order valence-electron chi connectivity index (χ2n) is 6.99. The summed E-state index contributed by atoms with van der Waals surface area (Å²) in [7, 11) is 0. The van der Waals surface area contributed by atoms with E-state index < -0.39 is 16.6 Å². The molecule has 1 aromatic rings. The van der Waals surface area contributed by atoms with Gasteiger partial charge in [0.05, 0.1) is 11.5 Å². The lowest BCUT2D eigenvalue weighted by atomic mass is 10.1. The molecule has 0 fully saturated rings. The molecule has 26 heavy (non-hydrogen) atoms. The maximum Gasteiger partial charge on any atom is 0.410 e. The summed E-state index contributed by atoms with van der Waals surface area (Å²) in [6.45, 7) is 4.97. The van der Waals surface area contributed by atoms with Gasteiger partial charge in [0, 0.05) is 30.9 Å². The van der Waals surface area contributed by atoms with Gasteiger partial charge in [0.25, 0.3) is 5.69 Å². The van der Waals surface area contributed by atoms with Crippen molar-refractivity contribution < 1.29 is 24.4 Å². The predicted octanol–water partition coefficient (Wildman–Crippen LogP) is 1.71. The Balaban J connectivity index is 2.12. The largest absolute Gasteiger partial charge is 0.444 e. The van der Waals surface area contributed by atoms with Crippen LogP contribution in [0.15, 0.2) is 18.2 Å². The molecule has 0 bridgehead atoms. The number of aliphatic hydroxyl groups is 1. The van der Waals surface area contributed by atoms with Crippen molar-refractivity contribution >= 4 is 23.4 Å². The normalized spacial score (nSPS) is 13.3. The molecular weight excluding hydrogens is 342 g/mol. The fourth-order valence-electron chi connectivity index (χ4n) is 2.69. The standard InChI is InChI=1S/C17H23N3O6/c1-17(2,3)26-16(23)18(8-9-21)11-15(22)19-7-6-12-10-13(20(24)25)4-5-14(12)19/h4-5,10,21H,6-9,11H2,1-3H3. The summed E-state index contributed by atoms with van der Waals surface area (Å²) in [4.78, 5) is 37.9. The number of nitro groups is 1. The van der Waals surface area contributed by atoms with Crippen LogP contribution < -0.4 is 4.90 Å². The first-order chi connectivity index (χ1) is 12.1. The van der Waals surface area contributed by atoms with Gasteiger partial charge in [-0.15, -0.1) is 0 Å². The second-order valence-corrected chi connectivity index (χ2v) is 6.99. The second kappa shape index (κ2) is 7.69. The maximum atomic E-state index is 12.6. The highest BCUT2D eigenvalue weighted by Crippen LogP contribution is 2.31. The number of carbonyl (C=O) groups is 2. The van der Waals surface area contributed by atoms with Gasteiger partial charge in [0.15, 0.2) is 0 Å². The zero-order valence-corrected chi connectivity index (χ0v) is 15.1. The summed E-state index contributed by atoms with van der Waals surface area (Å²) >= 11 is 0. The molecule has 0 unspecified atom stereocenters. The molecule has 142 valence electrons. The van der Waals surface area contributed by atoms with Crippen molar-refractivity contribution in [1.82, 2.24) is 4.90 Å². The highest BCUT2D eigenvalue weighted by atomic mass is 16.6. The number of nitro benzene ring substituents is 1. The average molecular weight is 365 g/mol. The number of anilines is 1. The van der Waals surface area contributed by atoms with E-state index in [0.29, 0.717) is 18.7 Å². The number of hydrogen-bond acceptors (Lipinski definition) is 6. The number of non-ortho nitro benzene ring substituents is 1. The molecule has 0 aromatic heterocycles. The molecule has 0 spiro atoms. The van der Waals surface area contributed by atoms with E-state index in [-0.39, 0.29) is 31.3 Å². The first-order valence-corrected chi connectivity index (χ1v) is 8.29. The van der Waals surface area contributed by atoms with Crippen LogP contribution >= 0.6 is 0 Å². The van der Waals surface area contributed by atoms with E-state index in [1.54, 1.807) is 26.8 Å². The Labute approximate surface area is 151 Å². The van der Waals surface area contributed by atoms with Gasteiger partial charge in [-0.2, -0.15) is 0 Å². The molecule has 2 amide bonds. The number of rotatable bonds is 5. The SMILES string of the molecule is CC(C)(C)OC(=O)N(CCO)CC(=O)N1CCc2cc([N+](=O)[O-])ccc21. The number of benzene rings is 1. The number of hydrogen-bond donors (Lipinski definition) is 1. The van der Waals surface area contributed by atoms with Crippen molar-refractivity contribution in [3.8, 4) is 0 Å². The summed E-state index contributed by atoms with van der Waals surface area (Å²) in [5, 5.41) is 20.0. The quantitative estimate of drug-likeness (QED) is 0.628. The van der Waals surface area contributed by atoms with Crippen LogP contribution in [0.25, 0.3) is 0 Å². The van der Waals surface area contributed by atoms with Crippen molar-refractivity contribution in [3.63, 3.8) is 0 Å². The molecule has 9 nitrogen and oxygen atoms in total. The lowest BCUT2D eigenvalue weighted by Gasteiger charge is -2.28. The van der Waals surface area contributed by atoms with Crippen LogP contribution in [-0.2, 0) is 16.0 Å². The number of fused-ring (bicyclic) bond motifs is 1. The van der Waals surface area contributed by atoms with Crippen LogP contribution in [0.1, 0.15) is 26.3 Å². The molecule has 1 aromatic carbocycles. The van der Waals surface area contributed by atoms with Crippen LogP contribution in [0.2, 0.25) is 0 Å². The summed E-state index contributed by atoms with van der Waals surface area (Å²) in [5.41, 5.74) is 0.591. The van der Waals surface area contributed by atoms with Crippen LogP contribution in [0.5, 0.6) is 0 Å². The third-order valence-corrected chi connectivity index (χ3v) is 3.82. The van der Waals surface area contributed by atoms with E-state index in [0.717, 1.165) is 10.5 Å². The lowest BCUT2D eigenvalue weighted by molar-refractivity contribution is -0.384. The van der Waals surface area contributed by atoms with Gasteiger partial charge in [-0.1, -0.05) is 0 Å². The highest BCUT2D eigenvalue weighted by molar-refractivity contribution is 5.98. The molecule has 2 rings (SSSR count). The maximum absolute atomic E-state index is 12.6. The predicted molar refractivity (Wildman–Crippen MR) is 94.0 cm³/mol. The molecule has 0 aliphatic carbocycles. The summed E-state index contributed by atoms with van der Waals surface area (Å²) in [6.07, 6.45) is -0.169. The Morgan fingerprint density at radius 2 is 2.08 bits per heavy atom. The van der Waals surface area contributed by atoms with Gasteiger partial charge < -0.3 is 14.7 Å². The molecule has 0 radical (unpaired) electrons. The Morgan fingerprint density at radius 1 is 1.38 bits per heavy atom. The van der Waals surface area contributed by atoms with Gasteiger partial charge in [0.1, 0.15) is 12.1 Å². The number of carbonyl (C=O) groups excluding carboxylic acids is 2. The number of amides is 2. The van der Waals surface area contributed by atoms with E-state index in [1.807, 2.05) is 0 Å². The van der Waals surface area contributed by atoms with E-state index in [4.69, 9.17) is 9.84 Å². The van der Waals surface area contributed by atoms with Gasteiger partial charge in [-0.05, 0) is 38.8 Å². The summed E-state index contributed by atoms with van der Waals surface area (Å²) in [6, 6.07) is 4.36. The topological polar surface area (TPSA) is 113 Å². The Kier molecular flexibility index (Phi) is 5.81. The highest BCUT2D eigenvalue weighted by Gasteiger charge is 2.30. The monoisotopic (exact) mass is 365 g/mol. The number of ether oxygens (including phenoxy) is 1. The number of nitrogens with zero attached hydrogens (tertiary/aromatic N) is 3. The minimum atomic E-state index is -0.715. The first kappa shape index (κ1) is 19.6. The summed E-state index contributed by atoms with van der Waals surface area (Å²) < 4.78 is 5.26. The van der Waals surface area contributed by atoms with Crippen LogP contribution in [-0.4, -0.2) is 58.8 Å². The lowest BCUT2D eigenvalue weighted by Crippen LogP contribution is -2.45. The van der Waals surface area contributed by atoms with Crippen molar-refractivity contribution in [2.75, 3.05) is 31.1 Å².